The van der Waals surface area contributed by atoms with Crippen LogP contribution in [0.1, 0.15) is 39.0 Å². The molecule has 1 aromatic heterocycles. The van der Waals surface area contributed by atoms with Gasteiger partial charge in [0.2, 0.25) is 5.82 Å². The lowest BCUT2D eigenvalue weighted by Crippen LogP contribution is -2.28. The Balaban J connectivity index is 2.15. The van der Waals surface area contributed by atoms with Gasteiger partial charge in [-0.3, -0.25) is 10.1 Å². The summed E-state index contributed by atoms with van der Waals surface area (Å²) in [5, 5.41) is 17.2. The molecule has 0 amide bonds. The maximum atomic E-state index is 11.1. The van der Waals surface area contributed by atoms with Crippen LogP contribution in [0, 0.1) is 16.0 Å². The predicted octanol–water partition coefficient (Wildman–Crippen LogP) is 3.41. The summed E-state index contributed by atoms with van der Waals surface area (Å²) in [4.78, 5) is 15.0. The van der Waals surface area contributed by atoms with Gasteiger partial charge in [0.15, 0.2) is 0 Å². The zero-order valence-corrected chi connectivity index (χ0v) is 12.1. The van der Waals surface area contributed by atoms with Crippen molar-refractivity contribution in [2.24, 2.45) is 5.92 Å². The van der Waals surface area contributed by atoms with Crippen LogP contribution in [0.2, 0.25) is 0 Å². The SMILES string of the molecule is CNc1ccc([N+](=O)[O-])c(NC(C)C2CCCCC2)n1. The van der Waals surface area contributed by atoms with Crippen LogP contribution in [0.5, 0.6) is 0 Å². The Hall–Kier alpha value is -1.85. The van der Waals surface area contributed by atoms with E-state index in [1.165, 1.54) is 38.2 Å². The second-order valence-corrected chi connectivity index (χ2v) is 5.40. The Morgan fingerprint density at radius 3 is 2.65 bits per heavy atom. The van der Waals surface area contributed by atoms with Crippen molar-refractivity contribution in [3.8, 4) is 0 Å². The van der Waals surface area contributed by atoms with Crippen LogP contribution in [0.25, 0.3) is 0 Å². The Morgan fingerprint density at radius 2 is 2.05 bits per heavy atom. The van der Waals surface area contributed by atoms with E-state index in [2.05, 4.69) is 22.5 Å². The highest BCUT2D eigenvalue weighted by molar-refractivity contribution is 5.60. The highest BCUT2D eigenvalue weighted by atomic mass is 16.6. The number of anilines is 2. The van der Waals surface area contributed by atoms with Crippen molar-refractivity contribution in [3.63, 3.8) is 0 Å². The normalized spacial score (nSPS) is 17.5. The average Bonchev–Trinajstić information content (AvgIpc) is 2.47. The molecule has 0 aliphatic heterocycles. The maximum Gasteiger partial charge on any atom is 0.311 e. The summed E-state index contributed by atoms with van der Waals surface area (Å²) in [5.41, 5.74) is 0.0339. The van der Waals surface area contributed by atoms with E-state index in [4.69, 9.17) is 0 Å². The molecule has 6 nitrogen and oxygen atoms in total. The lowest BCUT2D eigenvalue weighted by Gasteiger charge is -2.28. The predicted molar refractivity (Wildman–Crippen MR) is 80.1 cm³/mol. The third-order valence-corrected chi connectivity index (χ3v) is 4.05. The zero-order valence-electron chi connectivity index (χ0n) is 12.1. The molecular weight excluding hydrogens is 256 g/mol. The van der Waals surface area contributed by atoms with Crippen molar-refractivity contribution in [1.29, 1.82) is 0 Å². The van der Waals surface area contributed by atoms with Crippen LogP contribution in [0.15, 0.2) is 12.1 Å². The van der Waals surface area contributed by atoms with E-state index >= 15 is 0 Å². The van der Waals surface area contributed by atoms with Crippen molar-refractivity contribution < 1.29 is 4.92 Å². The summed E-state index contributed by atoms with van der Waals surface area (Å²) < 4.78 is 0. The number of aromatic nitrogens is 1. The fourth-order valence-corrected chi connectivity index (χ4v) is 2.81. The van der Waals surface area contributed by atoms with Crippen molar-refractivity contribution in [2.45, 2.75) is 45.1 Å². The Morgan fingerprint density at radius 1 is 1.35 bits per heavy atom. The van der Waals surface area contributed by atoms with Gasteiger partial charge in [0, 0.05) is 19.2 Å². The van der Waals surface area contributed by atoms with Gasteiger partial charge in [-0.25, -0.2) is 4.98 Å². The molecule has 1 aliphatic rings. The number of rotatable bonds is 5. The van der Waals surface area contributed by atoms with E-state index in [0.717, 1.165) is 0 Å². The van der Waals surface area contributed by atoms with E-state index in [-0.39, 0.29) is 16.7 Å². The number of hydrogen-bond donors (Lipinski definition) is 2. The highest BCUT2D eigenvalue weighted by Gasteiger charge is 2.23. The molecule has 2 rings (SSSR count). The Labute approximate surface area is 119 Å². The van der Waals surface area contributed by atoms with Crippen LogP contribution in [-0.2, 0) is 0 Å². The van der Waals surface area contributed by atoms with Gasteiger partial charge in [-0.15, -0.1) is 0 Å². The molecule has 6 heteroatoms. The molecule has 1 heterocycles. The molecule has 1 atom stereocenters. The van der Waals surface area contributed by atoms with Gasteiger partial charge in [-0.05, 0) is 31.7 Å². The lowest BCUT2D eigenvalue weighted by molar-refractivity contribution is -0.384. The minimum atomic E-state index is -0.387. The molecule has 0 saturated heterocycles. The zero-order chi connectivity index (χ0) is 14.5. The van der Waals surface area contributed by atoms with Gasteiger partial charge >= 0.3 is 5.69 Å². The third-order valence-electron chi connectivity index (χ3n) is 4.05. The topological polar surface area (TPSA) is 80.1 Å². The third kappa shape index (κ3) is 3.37. The molecule has 0 bridgehead atoms. The number of nitrogens with zero attached hydrogens (tertiary/aromatic N) is 2. The molecule has 1 fully saturated rings. The summed E-state index contributed by atoms with van der Waals surface area (Å²) in [6.07, 6.45) is 6.18. The second-order valence-electron chi connectivity index (χ2n) is 5.40. The molecule has 1 unspecified atom stereocenters. The molecule has 2 N–H and O–H groups in total. The summed E-state index contributed by atoms with van der Waals surface area (Å²) in [6.45, 7) is 2.09. The quantitative estimate of drug-likeness (QED) is 0.637. The first-order valence-corrected chi connectivity index (χ1v) is 7.21. The minimum absolute atomic E-state index is 0.0339. The summed E-state index contributed by atoms with van der Waals surface area (Å²) in [5.74, 6) is 1.57. The molecular formula is C14H22N4O2. The molecule has 0 aromatic carbocycles. The first-order valence-electron chi connectivity index (χ1n) is 7.21. The first kappa shape index (κ1) is 14.6. The monoisotopic (exact) mass is 278 g/mol. The fourth-order valence-electron chi connectivity index (χ4n) is 2.81. The summed E-state index contributed by atoms with van der Waals surface area (Å²) in [6, 6.07) is 3.32. The molecule has 1 aliphatic carbocycles. The van der Waals surface area contributed by atoms with E-state index in [0.29, 0.717) is 17.6 Å². The standard InChI is InChI=1S/C14H22N4O2/c1-10(11-6-4-3-5-7-11)16-14-12(18(19)20)8-9-13(15-2)17-14/h8-11H,3-7H2,1-2H3,(H2,15,16,17). The number of nitrogens with one attached hydrogen (secondary N) is 2. The largest absolute Gasteiger partial charge is 0.373 e. The fraction of sp³-hybridized carbons (Fsp3) is 0.643. The Kier molecular flexibility index (Phi) is 4.76. The van der Waals surface area contributed by atoms with Gasteiger partial charge in [-0.2, -0.15) is 0 Å². The molecule has 1 saturated carbocycles. The van der Waals surface area contributed by atoms with E-state index in [1.54, 1.807) is 13.1 Å². The Bertz CT molecular complexity index is 472. The summed E-state index contributed by atoms with van der Waals surface area (Å²) in [7, 11) is 1.75. The first-order chi connectivity index (χ1) is 9.61. The van der Waals surface area contributed by atoms with Crippen LogP contribution < -0.4 is 10.6 Å². The molecule has 20 heavy (non-hydrogen) atoms. The van der Waals surface area contributed by atoms with Crippen LogP contribution in [0.4, 0.5) is 17.3 Å². The summed E-state index contributed by atoms with van der Waals surface area (Å²) >= 11 is 0. The van der Waals surface area contributed by atoms with Gasteiger partial charge in [0.1, 0.15) is 5.82 Å². The van der Waals surface area contributed by atoms with Crippen molar-refractivity contribution in [3.05, 3.63) is 22.2 Å². The molecule has 110 valence electrons. The van der Waals surface area contributed by atoms with Crippen LogP contribution in [-0.4, -0.2) is 23.0 Å². The number of nitro groups is 1. The van der Waals surface area contributed by atoms with Crippen LogP contribution >= 0.6 is 0 Å². The van der Waals surface area contributed by atoms with Crippen molar-refractivity contribution in [2.75, 3.05) is 17.7 Å². The van der Waals surface area contributed by atoms with Gasteiger partial charge < -0.3 is 10.6 Å². The van der Waals surface area contributed by atoms with Gasteiger partial charge in [0.25, 0.3) is 0 Å². The molecule has 0 spiro atoms. The number of hydrogen-bond acceptors (Lipinski definition) is 5. The highest BCUT2D eigenvalue weighted by Crippen LogP contribution is 2.30. The lowest BCUT2D eigenvalue weighted by atomic mass is 9.84. The average molecular weight is 278 g/mol. The molecule has 0 radical (unpaired) electrons. The van der Waals surface area contributed by atoms with Crippen molar-refractivity contribution >= 4 is 17.3 Å². The minimum Gasteiger partial charge on any atom is -0.373 e. The maximum absolute atomic E-state index is 11.1. The van der Waals surface area contributed by atoms with Crippen molar-refractivity contribution in [1.82, 2.24) is 4.98 Å². The van der Waals surface area contributed by atoms with Crippen LogP contribution in [0.3, 0.4) is 0 Å². The molecule has 1 aromatic rings. The van der Waals surface area contributed by atoms with E-state index in [9.17, 15) is 10.1 Å². The van der Waals surface area contributed by atoms with Gasteiger partial charge in [0.05, 0.1) is 4.92 Å². The van der Waals surface area contributed by atoms with E-state index < -0.39 is 0 Å². The smallest absolute Gasteiger partial charge is 0.311 e. The number of pyridine rings is 1. The van der Waals surface area contributed by atoms with E-state index in [1.807, 2.05) is 0 Å². The van der Waals surface area contributed by atoms with Gasteiger partial charge in [-0.1, -0.05) is 19.3 Å². The second kappa shape index (κ2) is 6.54.